The van der Waals surface area contributed by atoms with Crippen molar-refractivity contribution in [2.24, 2.45) is 0 Å². The highest BCUT2D eigenvalue weighted by Crippen LogP contribution is 2.27. The largest absolute Gasteiger partial charge is 0.453 e. The van der Waals surface area contributed by atoms with Gasteiger partial charge < -0.3 is 5.32 Å². The van der Waals surface area contributed by atoms with E-state index in [1.807, 2.05) is 5.38 Å². The van der Waals surface area contributed by atoms with Crippen LogP contribution in [0.25, 0.3) is 5.78 Å². The van der Waals surface area contributed by atoms with E-state index in [0.29, 0.717) is 18.1 Å². The first-order valence-electron chi connectivity index (χ1n) is 5.86. The fourth-order valence-corrected chi connectivity index (χ4v) is 2.30. The molecule has 0 atom stereocenters. The average Bonchev–Trinajstić information content (AvgIpc) is 3.03. The van der Waals surface area contributed by atoms with Gasteiger partial charge in [0.05, 0.1) is 17.7 Å². The minimum Gasteiger partial charge on any atom is -0.364 e. The monoisotopic (exact) mass is 314 g/mol. The lowest BCUT2D eigenvalue weighted by atomic mass is 10.4. The van der Waals surface area contributed by atoms with Gasteiger partial charge in [0.25, 0.3) is 11.6 Å². The van der Waals surface area contributed by atoms with Crippen LogP contribution in [0.3, 0.4) is 0 Å². The van der Waals surface area contributed by atoms with Crippen molar-refractivity contribution in [2.75, 3.05) is 5.32 Å². The van der Waals surface area contributed by atoms with Gasteiger partial charge in [0, 0.05) is 17.1 Å². The number of anilines is 1. The Morgan fingerprint density at radius 1 is 1.33 bits per heavy atom. The molecule has 0 saturated heterocycles. The molecule has 0 amide bonds. The molecule has 110 valence electrons. The highest BCUT2D eigenvalue weighted by Gasteiger charge is 2.36. The van der Waals surface area contributed by atoms with Gasteiger partial charge in [-0.15, -0.1) is 16.4 Å². The van der Waals surface area contributed by atoms with E-state index in [2.05, 4.69) is 25.4 Å². The highest BCUT2D eigenvalue weighted by molar-refractivity contribution is 7.07. The van der Waals surface area contributed by atoms with Crippen molar-refractivity contribution in [2.45, 2.75) is 19.6 Å². The van der Waals surface area contributed by atoms with Crippen LogP contribution in [-0.4, -0.2) is 24.6 Å². The maximum atomic E-state index is 12.7. The topological polar surface area (TPSA) is 68.0 Å². The number of rotatable bonds is 3. The van der Waals surface area contributed by atoms with Crippen molar-refractivity contribution in [3.8, 4) is 0 Å². The van der Waals surface area contributed by atoms with Crippen molar-refractivity contribution in [1.82, 2.24) is 24.6 Å². The standard InChI is InChI=1S/C11H9F3N6S/c1-6-2-8(15-3-7-4-21-5-16-7)20-10(17-6)18-9(19-20)11(12,13)14/h2,4-5,15H,3H2,1H3. The summed E-state index contributed by atoms with van der Waals surface area (Å²) >= 11 is 1.44. The van der Waals surface area contributed by atoms with Crippen LogP contribution >= 0.6 is 11.3 Å². The zero-order valence-corrected chi connectivity index (χ0v) is 11.5. The number of nitrogens with zero attached hydrogens (tertiary/aromatic N) is 5. The van der Waals surface area contributed by atoms with Gasteiger partial charge >= 0.3 is 6.18 Å². The van der Waals surface area contributed by atoms with E-state index in [-0.39, 0.29) is 5.78 Å². The second-order valence-electron chi connectivity index (χ2n) is 4.26. The van der Waals surface area contributed by atoms with Gasteiger partial charge in [-0.1, -0.05) is 0 Å². The van der Waals surface area contributed by atoms with E-state index >= 15 is 0 Å². The number of alkyl halides is 3. The third kappa shape index (κ3) is 2.79. The van der Waals surface area contributed by atoms with E-state index in [0.717, 1.165) is 10.2 Å². The normalized spacial score (nSPS) is 12.0. The molecule has 3 aromatic rings. The molecule has 1 N–H and O–H groups in total. The summed E-state index contributed by atoms with van der Waals surface area (Å²) in [5.41, 5.74) is 3.02. The lowest BCUT2D eigenvalue weighted by molar-refractivity contribution is -0.144. The van der Waals surface area contributed by atoms with E-state index in [9.17, 15) is 13.2 Å². The maximum Gasteiger partial charge on any atom is 0.453 e. The molecular weight excluding hydrogens is 305 g/mol. The lowest BCUT2D eigenvalue weighted by Gasteiger charge is -2.07. The third-order valence-electron chi connectivity index (χ3n) is 2.63. The highest BCUT2D eigenvalue weighted by atomic mass is 32.1. The first kappa shape index (κ1) is 13.7. The van der Waals surface area contributed by atoms with Crippen molar-refractivity contribution in [3.63, 3.8) is 0 Å². The Morgan fingerprint density at radius 3 is 2.81 bits per heavy atom. The van der Waals surface area contributed by atoms with Crippen LogP contribution < -0.4 is 5.32 Å². The smallest absolute Gasteiger partial charge is 0.364 e. The molecule has 21 heavy (non-hydrogen) atoms. The molecule has 3 heterocycles. The minimum absolute atomic E-state index is 0.0943. The Hall–Kier alpha value is -2.23. The molecule has 3 aromatic heterocycles. The molecule has 0 aliphatic heterocycles. The fourth-order valence-electron chi connectivity index (χ4n) is 1.74. The van der Waals surface area contributed by atoms with Crippen LogP contribution in [-0.2, 0) is 12.7 Å². The number of hydrogen-bond acceptors (Lipinski definition) is 6. The van der Waals surface area contributed by atoms with Gasteiger partial charge in [0.1, 0.15) is 5.82 Å². The minimum atomic E-state index is -4.60. The molecule has 0 aliphatic carbocycles. The van der Waals surface area contributed by atoms with E-state index < -0.39 is 12.0 Å². The van der Waals surface area contributed by atoms with Gasteiger partial charge in [-0.2, -0.15) is 22.7 Å². The Morgan fingerprint density at radius 2 is 2.14 bits per heavy atom. The Balaban J connectivity index is 1.98. The summed E-state index contributed by atoms with van der Waals surface area (Å²) in [5, 5.41) is 8.30. The fraction of sp³-hybridized carbons (Fsp3) is 0.273. The molecule has 6 nitrogen and oxygen atoms in total. The molecule has 0 aliphatic rings. The molecule has 0 spiro atoms. The van der Waals surface area contributed by atoms with Crippen molar-refractivity contribution in [1.29, 1.82) is 0 Å². The van der Waals surface area contributed by atoms with Gasteiger partial charge in [-0.05, 0) is 6.92 Å². The molecule has 10 heteroatoms. The quantitative estimate of drug-likeness (QED) is 0.804. The summed E-state index contributed by atoms with van der Waals surface area (Å²) in [6.45, 7) is 2.05. The summed E-state index contributed by atoms with van der Waals surface area (Å²) in [5.74, 6) is -0.922. The van der Waals surface area contributed by atoms with E-state index in [1.54, 1.807) is 18.5 Å². The van der Waals surface area contributed by atoms with Crippen LogP contribution in [0, 0.1) is 6.92 Å². The Bertz CT molecular complexity index is 764. The SMILES string of the molecule is Cc1cc(NCc2cscn2)n2nc(C(F)(F)F)nc2n1. The van der Waals surface area contributed by atoms with E-state index in [1.165, 1.54) is 11.3 Å². The van der Waals surface area contributed by atoms with Gasteiger partial charge in [0.15, 0.2) is 0 Å². The predicted molar refractivity (Wildman–Crippen MR) is 70.0 cm³/mol. The van der Waals surface area contributed by atoms with Crippen LogP contribution in [0.15, 0.2) is 17.0 Å². The second kappa shape index (κ2) is 4.95. The predicted octanol–water partition coefficient (Wildman–Crippen LogP) is 2.52. The summed E-state index contributed by atoms with van der Waals surface area (Å²) in [4.78, 5) is 11.5. The first-order chi connectivity index (χ1) is 9.93. The summed E-state index contributed by atoms with van der Waals surface area (Å²) < 4.78 is 39.1. The van der Waals surface area contributed by atoms with E-state index in [4.69, 9.17) is 0 Å². The average molecular weight is 314 g/mol. The number of aromatic nitrogens is 5. The zero-order chi connectivity index (χ0) is 15.0. The van der Waals surface area contributed by atoms with Gasteiger partial charge in [-0.25, -0.2) is 9.97 Å². The van der Waals surface area contributed by atoms with Crippen molar-refractivity contribution >= 4 is 22.9 Å². The Kier molecular flexibility index (Phi) is 3.24. The van der Waals surface area contributed by atoms with Crippen molar-refractivity contribution < 1.29 is 13.2 Å². The summed E-state index contributed by atoms with van der Waals surface area (Å²) in [7, 11) is 0. The summed E-state index contributed by atoms with van der Waals surface area (Å²) in [6, 6.07) is 1.61. The molecule has 0 radical (unpaired) electrons. The molecule has 0 saturated carbocycles. The number of thiazole rings is 1. The van der Waals surface area contributed by atoms with Crippen LogP contribution in [0.4, 0.5) is 19.0 Å². The molecular formula is C11H9F3N6S. The molecule has 0 fully saturated rings. The maximum absolute atomic E-state index is 12.7. The summed E-state index contributed by atoms with van der Waals surface area (Å²) in [6.07, 6.45) is -4.60. The van der Waals surface area contributed by atoms with Gasteiger partial charge in [0.2, 0.25) is 0 Å². The first-order valence-corrected chi connectivity index (χ1v) is 6.80. The molecule has 0 unspecified atom stereocenters. The second-order valence-corrected chi connectivity index (χ2v) is 4.98. The van der Waals surface area contributed by atoms with Crippen LogP contribution in [0.2, 0.25) is 0 Å². The molecule has 0 aromatic carbocycles. The number of halogens is 3. The zero-order valence-electron chi connectivity index (χ0n) is 10.7. The molecule has 3 rings (SSSR count). The Labute approximate surface area is 120 Å². The molecule has 0 bridgehead atoms. The number of nitrogens with one attached hydrogen (secondary N) is 1. The lowest BCUT2D eigenvalue weighted by Crippen LogP contribution is -2.09. The number of hydrogen-bond donors (Lipinski definition) is 1. The van der Waals surface area contributed by atoms with Crippen molar-refractivity contribution in [3.05, 3.63) is 34.2 Å². The number of fused-ring (bicyclic) bond motifs is 1. The third-order valence-corrected chi connectivity index (χ3v) is 3.26. The van der Waals surface area contributed by atoms with Gasteiger partial charge in [-0.3, -0.25) is 0 Å². The van der Waals surface area contributed by atoms with Crippen LogP contribution in [0.1, 0.15) is 17.2 Å². The van der Waals surface area contributed by atoms with Crippen LogP contribution in [0.5, 0.6) is 0 Å². The number of aryl methyl sites for hydroxylation is 1.